The molecule has 2 atom stereocenters. The Labute approximate surface area is 471 Å². The highest BCUT2D eigenvalue weighted by atomic mass is 32.1. The number of hydrogen-bond acceptors (Lipinski definition) is 1. The molecular formula is C79H54S. The van der Waals surface area contributed by atoms with Gasteiger partial charge in [0.15, 0.2) is 0 Å². The van der Waals surface area contributed by atoms with Crippen LogP contribution in [0.4, 0.5) is 0 Å². The number of thiophene rings is 1. The van der Waals surface area contributed by atoms with Gasteiger partial charge in [0, 0.05) is 31.5 Å². The van der Waals surface area contributed by atoms with E-state index in [0.717, 1.165) is 0 Å². The first-order valence-electron chi connectivity index (χ1n) is 28.1. The van der Waals surface area contributed by atoms with Crippen molar-refractivity contribution in [3.05, 3.63) is 335 Å². The second-order valence-electron chi connectivity index (χ2n) is 22.6. The van der Waals surface area contributed by atoms with Crippen LogP contribution in [0.5, 0.6) is 0 Å². The zero-order chi connectivity index (χ0) is 53.1. The number of rotatable bonds is 8. The zero-order valence-corrected chi connectivity index (χ0v) is 45.4. The van der Waals surface area contributed by atoms with Crippen LogP contribution < -0.4 is 0 Å². The third kappa shape index (κ3) is 6.94. The van der Waals surface area contributed by atoms with E-state index in [4.69, 9.17) is 0 Å². The summed E-state index contributed by atoms with van der Waals surface area (Å²) >= 11 is 1.87. The fourth-order valence-electron chi connectivity index (χ4n) is 14.5. The molecule has 0 nitrogen and oxygen atoms in total. The predicted molar refractivity (Wildman–Crippen MR) is 339 cm³/mol. The Morgan fingerprint density at radius 1 is 0.287 bits per heavy atom. The Morgan fingerprint density at radius 2 is 0.838 bits per heavy atom. The molecule has 0 bridgehead atoms. The first kappa shape index (κ1) is 46.7. The molecule has 1 heterocycles. The summed E-state index contributed by atoms with van der Waals surface area (Å²) in [7, 11) is 0. The zero-order valence-electron chi connectivity index (χ0n) is 44.6. The molecule has 0 spiro atoms. The van der Waals surface area contributed by atoms with Gasteiger partial charge in [0.2, 0.25) is 0 Å². The minimum Gasteiger partial charge on any atom is -0.135 e. The van der Waals surface area contributed by atoms with Gasteiger partial charge in [0.25, 0.3) is 0 Å². The summed E-state index contributed by atoms with van der Waals surface area (Å²) in [5.41, 5.74) is 23.7. The van der Waals surface area contributed by atoms with Crippen LogP contribution in [-0.4, -0.2) is 0 Å². The van der Waals surface area contributed by atoms with Crippen molar-refractivity contribution in [1.82, 2.24) is 0 Å². The van der Waals surface area contributed by atoms with Crippen molar-refractivity contribution >= 4 is 53.1 Å². The molecule has 0 radical (unpaired) electrons. The molecule has 0 saturated carbocycles. The fourth-order valence-corrected chi connectivity index (χ4v) is 15.6. The Morgan fingerprint density at radius 3 is 1.69 bits per heavy atom. The summed E-state index contributed by atoms with van der Waals surface area (Å²) in [6, 6.07) is 108. The predicted octanol–water partition coefficient (Wildman–Crippen LogP) is 21.2. The average molecular weight is 1040 g/mol. The van der Waals surface area contributed by atoms with Crippen molar-refractivity contribution in [2.45, 2.75) is 30.6 Å². The Bertz CT molecular complexity index is 4810. The van der Waals surface area contributed by atoms with Crippen LogP contribution in [0.15, 0.2) is 285 Å². The van der Waals surface area contributed by atoms with E-state index in [0.29, 0.717) is 0 Å². The Hall–Kier alpha value is -9.40. The van der Waals surface area contributed by atoms with Gasteiger partial charge in [0.1, 0.15) is 0 Å². The highest BCUT2D eigenvalue weighted by molar-refractivity contribution is 7.25. The third-order valence-corrected chi connectivity index (χ3v) is 19.3. The molecule has 1 heteroatoms. The molecule has 2 aliphatic carbocycles. The first-order chi connectivity index (χ1) is 39.4. The summed E-state index contributed by atoms with van der Waals surface area (Å²) < 4.78 is 2.63. The van der Waals surface area contributed by atoms with Crippen molar-refractivity contribution in [1.29, 1.82) is 0 Å². The molecular weight excluding hydrogens is 981 g/mol. The van der Waals surface area contributed by atoms with Crippen LogP contribution in [0.25, 0.3) is 97.4 Å². The Balaban J connectivity index is 0.916. The summed E-state index contributed by atoms with van der Waals surface area (Å²) in [6.45, 7) is 4.76. The molecule has 13 aromatic carbocycles. The third-order valence-electron chi connectivity index (χ3n) is 18.1. The molecule has 1 aromatic heterocycles. The van der Waals surface area contributed by atoms with Gasteiger partial charge in [-0.2, -0.15) is 0 Å². The van der Waals surface area contributed by atoms with Crippen LogP contribution in [0.2, 0.25) is 0 Å². The van der Waals surface area contributed by atoms with E-state index < -0.39 is 5.41 Å². The van der Waals surface area contributed by atoms with E-state index in [1.165, 1.54) is 147 Å². The maximum atomic E-state index is 2.56. The highest BCUT2D eigenvalue weighted by Crippen LogP contribution is 2.59. The van der Waals surface area contributed by atoms with E-state index in [1.807, 2.05) is 11.3 Å². The number of hydrogen-bond donors (Lipinski definition) is 0. The molecule has 0 fully saturated rings. The second kappa shape index (κ2) is 18.1. The number of fused-ring (bicyclic) bond motifs is 11. The average Bonchev–Trinajstić information content (AvgIpc) is 4.32. The van der Waals surface area contributed by atoms with Gasteiger partial charge in [-0.05, 0) is 158 Å². The highest BCUT2D eigenvalue weighted by Gasteiger charge is 2.47. The minimum absolute atomic E-state index is 0.0926. The lowest BCUT2D eigenvalue weighted by Gasteiger charge is -2.35. The first-order valence-corrected chi connectivity index (χ1v) is 28.9. The summed E-state index contributed by atoms with van der Waals surface area (Å²) in [6.07, 6.45) is 0. The Kier molecular flexibility index (Phi) is 10.5. The monoisotopic (exact) mass is 1030 g/mol. The number of benzene rings is 13. The van der Waals surface area contributed by atoms with Crippen LogP contribution in [0.3, 0.4) is 0 Å². The van der Waals surface area contributed by atoms with Gasteiger partial charge in [-0.15, -0.1) is 11.3 Å². The van der Waals surface area contributed by atoms with E-state index in [-0.39, 0.29) is 11.3 Å². The molecule has 2 unspecified atom stereocenters. The molecule has 0 saturated heterocycles. The summed E-state index contributed by atoms with van der Waals surface area (Å²) in [5.74, 6) is -0.120. The van der Waals surface area contributed by atoms with Crippen molar-refractivity contribution in [2.75, 3.05) is 0 Å². The lowest BCUT2D eigenvalue weighted by Crippen LogP contribution is -2.29. The molecule has 0 aliphatic heterocycles. The van der Waals surface area contributed by atoms with Gasteiger partial charge in [-0.1, -0.05) is 269 Å². The fraction of sp³-hybridized carbons (Fsp3) is 0.0633. The normalized spacial score (nSPS) is 15.2. The van der Waals surface area contributed by atoms with Crippen molar-refractivity contribution in [3.63, 3.8) is 0 Å². The van der Waals surface area contributed by atoms with Crippen LogP contribution in [-0.2, 0) is 10.8 Å². The molecule has 80 heavy (non-hydrogen) atoms. The van der Waals surface area contributed by atoms with Gasteiger partial charge < -0.3 is 0 Å². The smallest absolute Gasteiger partial charge is 0.0713 e. The maximum Gasteiger partial charge on any atom is 0.0713 e. The van der Waals surface area contributed by atoms with Gasteiger partial charge in [-0.25, -0.2) is 0 Å². The van der Waals surface area contributed by atoms with E-state index in [2.05, 4.69) is 299 Å². The maximum absolute atomic E-state index is 2.56. The molecule has 16 rings (SSSR count). The standard InChI is InChI=1S/C79H54S/c1-78(2)71-35-15-12-30-64(71)69-49-56(40-44-72(69)78)79(55-24-4-3-5-25-55)73-36-16-13-31-65(73)68-48-54(38-43-74(68)79)77(67-33-11-8-27-58(67)52-39-45-76-70(47-52)66-32-14-17-37-75(66)80-76)53-23-18-22-51(46-53)59-41-42-63(62-29-10-9-28-60(59)62)61-34-19-21-50-20-6-7-26-57(50)61/h3-49,77H,1-2H3. The van der Waals surface area contributed by atoms with Crippen molar-refractivity contribution in [2.24, 2.45) is 0 Å². The van der Waals surface area contributed by atoms with Gasteiger partial charge >= 0.3 is 0 Å². The lowest BCUT2D eigenvalue weighted by molar-refractivity contribution is 0.659. The van der Waals surface area contributed by atoms with Crippen LogP contribution >= 0.6 is 11.3 Å². The molecule has 0 N–H and O–H groups in total. The minimum atomic E-state index is -0.562. The molecule has 376 valence electrons. The second-order valence-corrected chi connectivity index (χ2v) is 23.7. The van der Waals surface area contributed by atoms with Crippen molar-refractivity contribution in [3.8, 4) is 55.6 Å². The summed E-state index contributed by atoms with van der Waals surface area (Å²) in [5, 5.41) is 7.63. The van der Waals surface area contributed by atoms with Gasteiger partial charge in [0.05, 0.1) is 5.41 Å². The molecule has 0 amide bonds. The quantitative estimate of drug-likeness (QED) is 0.133. The SMILES string of the molecule is CC1(C)c2ccccc2-c2cc(C3(c4ccccc4)c4ccccc4-c4cc(C(c5cccc(-c6ccc(-c7cccc8ccccc78)c7ccccc67)c5)c5ccccc5-c5ccc6sc7ccccc7c6c5)ccc43)ccc21. The van der Waals surface area contributed by atoms with E-state index in [9.17, 15) is 0 Å². The topological polar surface area (TPSA) is 0 Å². The van der Waals surface area contributed by atoms with E-state index >= 15 is 0 Å². The summed E-state index contributed by atoms with van der Waals surface area (Å²) in [4.78, 5) is 0. The lowest BCUT2D eigenvalue weighted by atomic mass is 9.67. The van der Waals surface area contributed by atoms with E-state index in [1.54, 1.807) is 0 Å². The molecule has 2 aliphatic rings. The van der Waals surface area contributed by atoms with Crippen molar-refractivity contribution < 1.29 is 0 Å². The van der Waals surface area contributed by atoms with Crippen LogP contribution in [0.1, 0.15) is 69.8 Å². The molecule has 14 aromatic rings. The largest absolute Gasteiger partial charge is 0.135 e. The van der Waals surface area contributed by atoms with Gasteiger partial charge in [-0.3, -0.25) is 0 Å². The van der Waals surface area contributed by atoms with Crippen LogP contribution in [0, 0.1) is 0 Å².